The van der Waals surface area contributed by atoms with Crippen molar-refractivity contribution in [3.8, 4) is 11.1 Å². The predicted octanol–water partition coefficient (Wildman–Crippen LogP) is 6.41. The van der Waals surface area contributed by atoms with E-state index < -0.39 is 0 Å². The van der Waals surface area contributed by atoms with Gasteiger partial charge >= 0.3 is 0 Å². The molecule has 1 atom stereocenters. The summed E-state index contributed by atoms with van der Waals surface area (Å²) in [5, 5.41) is 0.877. The lowest BCUT2D eigenvalue weighted by molar-refractivity contribution is 0.405. The van der Waals surface area contributed by atoms with Crippen LogP contribution in [0, 0.1) is 5.82 Å². The highest BCUT2D eigenvalue weighted by molar-refractivity contribution is 7.25. The summed E-state index contributed by atoms with van der Waals surface area (Å²) in [6, 6.07) is 6.58. The summed E-state index contributed by atoms with van der Waals surface area (Å²) in [7, 11) is 3.93. The highest BCUT2D eigenvalue weighted by Gasteiger charge is 2.22. The maximum Gasteiger partial charge on any atom is 0.271 e. The zero-order valence-electron chi connectivity index (χ0n) is 19.1. The van der Waals surface area contributed by atoms with Crippen LogP contribution in [0.25, 0.3) is 31.6 Å². The van der Waals surface area contributed by atoms with Crippen LogP contribution in [0.1, 0.15) is 52.0 Å². The van der Waals surface area contributed by atoms with Gasteiger partial charge in [0.05, 0.1) is 22.9 Å². The molecule has 1 unspecified atom stereocenters. The normalized spacial score (nSPS) is 12.5. The van der Waals surface area contributed by atoms with Gasteiger partial charge in [-0.1, -0.05) is 45.2 Å². The molecule has 1 aromatic carbocycles. The van der Waals surface area contributed by atoms with Gasteiger partial charge in [-0.3, -0.25) is 9.36 Å². The zero-order valence-corrected chi connectivity index (χ0v) is 19.9. The van der Waals surface area contributed by atoms with Crippen LogP contribution < -0.4 is 10.5 Å². The first-order valence-electron chi connectivity index (χ1n) is 11.2. The molecular formula is C25H29FN4OS. The van der Waals surface area contributed by atoms with Crippen molar-refractivity contribution in [2.24, 2.45) is 0 Å². The van der Waals surface area contributed by atoms with Gasteiger partial charge in [0.25, 0.3) is 5.56 Å². The van der Waals surface area contributed by atoms with Crippen molar-refractivity contribution in [3.63, 3.8) is 0 Å². The number of unbranched alkanes of at least 4 members (excludes halogenated alkanes) is 1. The fraction of sp³-hybridized carbons (Fsp3) is 0.400. The number of nitrogens with zero attached hydrogens (tertiary/aromatic N) is 4. The average molecular weight is 453 g/mol. The van der Waals surface area contributed by atoms with Gasteiger partial charge in [0.15, 0.2) is 0 Å². The van der Waals surface area contributed by atoms with E-state index in [1.807, 2.05) is 23.6 Å². The molecule has 0 saturated heterocycles. The Labute approximate surface area is 191 Å². The van der Waals surface area contributed by atoms with E-state index in [1.54, 1.807) is 24.7 Å². The molecule has 4 aromatic rings. The molecule has 3 heterocycles. The number of thiophene rings is 1. The number of rotatable bonds is 8. The Balaban J connectivity index is 1.94. The molecule has 168 valence electrons. The van der Waals surface area contributed by atoms with Gasteiger partial charge in [0.1, 0.15) is 15.3 Å². The highest BCUT2D eigenvalue weighted by Crippen LogP contribution is 2.41. The largest absolute Gasteiger partial charge is 0.376 e. The van der Waals surface area contributed by atoms with Crippen LogP contribution in [0.15, 0.2) is 41.6 Å². The van der Waals surface area contributed by atoms with Gasteiger partial charge in [-0.25, -0.2) is 14.4 Å². The van der Waals surface area contributed by atoms with Crippen molar-refractivity contribution in [2.75, 3.05) is 19.0 Å². The van der Waals surface area contributed by atoms with E-state index in [9.17, 15) is 9.18 Å². The second-order valence-corrected chi connectivity index (χ2v) is 9.42. The molecule has 0 aliphatic heterocycles. The molecule has 7 heteroatoms. The second kappa shape index (κ2) is 9.36. The van der Waals surface area contributed by atoms with Gasteiger partial charge in [0, 0.05) is 31.9 Å². The monoisotopic (exact) mass is 452 g/mol. The summed E-state index contributed by atoms with van der Waals surface area (Å²) in [5.74, 6) is -0.276. The fourth-order valence-corrected chi connectivity index (χ4v) is 5.39. The van der Waals surface area contributed by atoms with Crippen LogP contribution in [0.3, 0.4) is 0 Å². The molecule has 0 radical (unpaired) electrons. The zero-order chi connectivity index (χ0) is 22.8. The average Bonchev–Trinajstić information content (AvgIpc) is 3.16. The van der Waals surface area contributed by atoms with Crippen LogP contribution in [0.2, 0.25) is 0 Å². The number of aromatic nitrogens is 3. The summed E-state index contributed by atoms with van der Waals surface area (Å²) >= 11 is 1.41. The summed E-state index contributed by atoms with van der Waals surface area (Å²) in [6.45, 7) is 4.33. The summed E-state index contributed by atoms with van der Waals surface area (Å²) in [6.07, 6.45) is 8.70. The van der Waals surface area contributed by atoms with Gasteiger partial charge in [-0.2, -0.15) is 0 Å². The summed E-state index contributed by atoms with van der Waals surface area (Å²) in [5.41, 5.74) is 3.41. The van der Waals surface area contributed by atoms with E-state index in [0.717, 1.165) is 59.1 Å². The van der Waals surface area contributed by atoms with Crippen molar-refractivity contribution in [1.29, 1.82) is 0 Å². The number of halogens is 1. The topological polar surface area (TPSA) is 51.0 Å². The Morgan fingerprint density at radius 3 is 2.50 bits per heavy atom. The standard InChI is InChI=1S/C25H29FN4OS/c1-5-7-9-18(8-6-2)30-15-28-21-20-22(29(3)4)19(16-10-12-17(26)13-11-16)14-27-24(20)32-23(21)25(30)31/h10-15,18H,5-9H2,1-4H3. The van der Waals surface area contributed by atoms with Crippen LogP contribution in [-0.2, 0) is 0 Å². The van der Waals surface area contributed by atoms with Crippen molar-refractivity contribution < 1.29 is 4.39 Å². The third kappa shape index (κ3) is 4.01. The quantitative estimate of drug-likeness (QED) is 0.310. The van der Waals surface area contributed by atoms with E-state index in [-0.39, 0.29) is 17.4 Å². The van der Waals surface area contributed by atoms with Crippen molar-refractivity contribution >= 4 is 37.5 Å². The Morgan fingerprint density at radius 2 is 1.84 bits per heavy atom. The Hall–Kier alpha value is -2.80. The first-order valence-corrected chi connectivity index (χ1v) is 12.0. The number of fused-ring (bicyclic) bond motifs is 3. The third-order valence-corrected chi connectivity index (χ3v) is 6.99. The molecule has 0 N–H and O–H groups in total. The minimum Gasteiger partial charge on any atom is -0.376 e. The minimum absolute atomic E-state index is 0.0144. The van der Waals surface area contributed by atoms with Crippen molar-refractivity contribution in [2.45, 2.75) is 52.0 Å². The Kier molecular flexibility index (Phi) is 6.55. The molecule has 0 aliphatic rings. The number of benzene rings is 1. The minimum atomic E-state index is -0.276. The Bertz CT molecular complexity index is 1290. The molecule has 32 heavy (non-hydrogen) atoms. The number of hydrogen-bond donors (Lipinski definition) is 0. The molecule has 0 bridgehead atoms. The number of pyridine rings is 1. The van der Waals surface area contributed by atoms with Gasteiger partial charge in [0.2, 0.25) is 0 Å². The maximum atomic E-state index is 13.5. The van der Waals surface area contributed by atoms with Crippen molar-refractivity contribution in [3.05, 3.63) is 53.0 Å². The van der Waals surface area contributed by atoms with E-state index in [1.165, 1.54) is 23.5 Å². The van der Waals surface area contributed by atoms with Gasteiger partial charge < -0.3 is 4.90 Å². The molecular weight excluding hydrogens is 423 g/mol. The number of anilines is 1. The smallest absolute Gasteiger partial charge is 0.271 e. The summed E-state index contributed by atoms with van der Waals surface area (Å²) < 4.78 is 16.0. The molecule has 4 rings (SSSR count). The van der Waals surface area contributed by atoms with Crippen molar-refractivity contribution in [1.82, 2.24) is 14.5 Å². The molecule has 0 aliphatic carbocycles. The van der Waals surface area contributed by atoms with Gasteiger partial charge in [-0.05, 0) is 30.5 Å². The first-order chi connectivity index (χ1) is 15.5. The predicted molar refractivity (Wildman–Crippen MR) is 132 cm³/mol. The van der Waals surface area contributed by atoms with Crippen LogP contribution in [0.4, 0.5) is 10.1 Å². The lowest BCUT2D eigenvalue weighted by atomic mass is 10.0. The van der Waals surface area contributed by atoms with Crippen LogP contribution >= 0.6 is 11.3 Å². The molecule has 5 nitrogen and oxygen atoms in total. The first kappa shape index (κ1) is 22.4. The van der Waals surface area contributed by atoms with E-state index in [4.69, 9.17) is 4.98 Å². The fourth-order valence-electron chi connectivity index (χ4n) is 4.35. The molecule has 0 amide bonds. The lowest BCUT2D eigenvalue weighted by Gasteiger charge is -2.20. The molecule has 0 saturated carbocycles. The second-order valence-electron chi connectivity index (χ2n) is 8.42. The maximum absolute atomic E-state index is 13.5. The third-order valence-electron chi connectivity index (χ3n) is 5.92. The molecule has 3 aromatic heterocycles. The highest BCUT2D eigenvalue weighted by atomic mass is 32.1. The lowest BCUT2D eigenvalue weighted by Crippen LogP contribution is -2.24. The molecule has 0 spiro atoms. The van der Waals surface area contributed by atoms with E-state index in [0.29, 0.717) is 10.2 Å². The van der Waals surface area contributed by atoms with Crippen LogP contribution in [0.5, 0.6) is 0 Å². The van der Waals surface area contributed by atoms with E-state index >= 15 is 0 Å². The van der Waals surface area contributed by atoms with E-state index in [2.05, 4.69) is 18.8 Å². The SMILES string of the molecule is CCCCC(CCC)n1cnc2c(sc3ncc(-c4ccc(F)cc4)c(N(C)C)c32)c1=O. The van der Waals surface area contributed by atoms with Crippen LogP contribution in [-0.4, -0.2) is 28.6 Å². The number of hydrogen-bond acceptors (Lipinski definition) is 5. The summed E-state index contributed by atoms with van der Waals surface area (Å²) in [4.78, 5) is 25.8. The van der Waals surface area contributed by atoms with Gasteiger partial charge in [-0.15, -0.1) is 11.3 Å². The Morgan fingerprint density at radius 1 is 1.09 bits per heavy atom. The molecule has 0 fully saturated rings.